The second-order valence-corrected chi connectivity index (χ2v) is 4.89. The standard InChI is InChI=1S/C11H22N/c1-10-6-3-4-8-12(10)9-5-7-11(12)2/h10-11H,3-9H2,1-2H3/q+1. The molecule has 2 heterocycles. The Morgan fingerprint density at radius 3 is 2.00 bits per heavy atom. The summed E-state index contributed by atoms with van der Waals surface area (Å²) in [5.74, 6) is 0. The smallest absolute Gasteiger partial charge is 0.0866 e. The molecular weight excluding hydrogens is 146 g/mol. The largest absolute Gasteiger partial charge is 0.319 e. The third-order valence-corrected chi connectivity index (χ3v) is 4.40. The fourth-order valence-electron chi connectivity index (χ4n) is 3.47. The summed E-state index contributed by atoms with van der Waals surface area (Å²) in [4.78, 5) is 0. The minimum atomic E-state index is 0.955. The van der Waals surface area contributed by atoms with E-state index in [1.165, 1.54) is 49.7 Å². The Balaban J connectivity index is 2.15. The molecule has 0 amide bonds. The average Bonchev–Trinajstić information content (AvgIpc) is 2.41. The van der Waals surface area contributed by atoms with E-state index in [1.54, 1.807) is 0 Å². The molecule has 0 aromatic carbocycles. The van der Waals surface area contributed by atoms with Gasteiger partial charge in [0.25, 0.3) is 0 Å². The molecule has 0 bridgehead atoms. The van der Waals surface area contributed by atoms with Gasteiger partial charge in [0.2, 0.25) is 0 Å². The van der Waals surface area contributed by atoms with E-state index in [0.717, 1.165) is 12.1 Å². The van der Waals surface area contributed by atoms with Gasteiger partial charge in [-0.25, -0.2) is 0 Å². The van der Waals surface area contributed by atoms with Gasteiger partial charge in [-0.05, 0) is 33.1 Å². The summed E-state index contributed by atoms with van der Waals surface area (Å²) < 4.78 is 1.47. The first-order valence-corrected chi connectivity index (χ1v) is 5.62. The zero-order valence-corrected chi connectivity index (χ0v) is 8.55. The molecule has 0 aromatic rings. The van der Waals surface area contributed by atoms with Crippen molar-refractivity contribution in [3.05, 3.63) is 0 Å². The Morgan fingerprint density at radius 2 is 1.42 bits per heavy atom. The third kappa shape index (κ3) is 1.10. The number of nitrogens with zero attached hydrogens (tertiary/aromatic N) is 1. The Kier molecular flexibility index (Phi) is 2.16. The zero-order valence-electron chi connectivity index (χ0n) is 8.55. The van der Waals surface area contributed by atoms with Gasteiger partial charge in [0.05, 0.1) is 25.2 Å². The van der Waals surface area contributed by atoms with E-state index in [0.29, 0.717) is 0 Å². The van der Waals surface area contributed by atoms with Crippen LogP contribution < -0.4 is 0 Å². The molecule has 0 aliphatic carbocycles. The maximum Gasteiger partial charge on any atom is 0.0866 e. The van der Waals surface area contributed by atoms with E-state index in [2.05, 4.69) is 13.8 Å². The van der Waals surface area contributed by atoms with Gasteiger partial charge in [-0.2, -0.15) is 0 Å². The van der Waals surface area contributed by atoms with Gasteiger partial charge in [-0.15, -0.1) is 0 Å². The summed E-state index contributed by atoms with van der Waals surface area (Å²) in [6, 6.07) is 1.91. The molecule has 3 unspecified atom stereocenters. The molecule has 1 nitrogen and oxygen atoms in total. The lowest BCUT2D eigenvalue weighted by Crippen LogP contribution is -2.58. The van der Waals surface area contributed by atoms with Gasteiger partial charge < -0.3 is 4.48 Å². The van der Waals surface area contributed by atoms with Gasteiger partial charge in [-0.3, -0.25) is 0 Å². The van der Waals surface area contributed by atoms with E-state index >= 15 is 0 Å². The number of hydrogen-bond donors (Lipinski definition) is 0. The van der Waals surface area contributed by atoms with Crippen molar-refractivity contribution in [1.82, 2.24) is 0 Å². The topological polar surface area (TPSA) is 0 Å². The summed E-state index contributed by atoms with van der Waals surface area (Å²) in [6.45, 7) is 7.89. The van der Waals surface area contributed by atoms with Crippen LogP contribution >= 0.6 is 0 Å². The SMILES string of the molecule is CC1CCCC[N+]12CCCC2C. The second kappa shape index (κ2) is 3.02. The van der Waals surface area contributed by atoms with Crippen LogP contribution in [-0.2, 0) is 0 Å². The summed E-state index contributed by atoms with van der Waals surface area (Å²) in [5, 5.41) is 0. The summed E-state index contributed by atoms with van der Waals surface area (Å²) in [7, 11) is 0. The fraction of sp³-hybridized carbons (Fsp3) is 1.00. The van der Waals surface area contributed by atoms with E-state index < -0.39 is 0 Å². The lowest BCUT2D eigenvalue weighted by atomic mass is 9.98. The molecule has 2 fully saturated rings. The molecule has 1 spiro atoms. The highest BCUT2D eigenvalue weighted by molar-refractivity contribution is 4.71. The number of rotatable bonds is 0. The number of piperidine rings is 1. The van der Waals surface area contributed by atoms with E-state index in [4.69, 9.17) is 0 Å². The van der Waals surface area contributed by atoms with Crippen LogP contribution in [0.3, 0.4) is 0 Å². The molecule has 0 radical (unpaired) electrons. The Morgan fingerprint density at radius 1 is 0.833 bits per heavy atom. The van der Waals surface area contributed by atoms with E-state index in [-0.39, 0.29) is 0 Å². The maximum atomic E-state index is 2.47. The Hall–Kier alpha value is -0.0400. The van der Waals surface area contributed by atoms with E-state index in [9.17, 15) is 0 Å². The van der Waals surface area contributed by atoms with Crippen LogP contribution in [0.2, 0.25) is 0 Å². The average molecular weight is 168 g/mol. The number of hydrogen-bond acceptors (Lipinski definition) is 0. The van der Waals surface area contributed by atoms with E-state index in [1.807, 2.05) is 0 Å². The molecule has 1 heteroatoms. The molecule has 3 atom stereocenters. The highest BCUT2D eigenvalue weighted by atomic mass is 15.4. The normalized spacial score (nSPS) is 48.5. The van der Waals surface area contributed by atoms with Crippen molar-refractivity contribution in [2.75, 3.05) is 13.1 Å². The number of quaternary nitrogens is 1. The molecule has 2 aliphatic rings. The minimum absolute atomic E-state index is 0.955. The van der Waals surface area contributed by atoms with Crippen LogP contribution in [0.15, 0.2) is 0 Å². The van der Waals surface area contributed by atoms with Crippen molar-refractivity contribution in [3.63, 3.8) is 0 Å². The first-order chi connectivity index (χ1) is 5.76. The zero-order chi connectivity index (χ0) is 8.60. The first-order valence-electron chi connectivity index (χ1n) is 5.62. The molecule has 70 valence electrons. The van der Waals surface area contributed by atoms with Gasteiger partial charge in [-0.1, -0.05) is 0 Å². The lowest BCUT2D eigenvalue weighted by Gasteiger charge is -2.47. The van der Waals surface area contributed by atoms with Crippen molar-refractivity contribution in [2.45, 2.75) is 58.0 Å². The lowest BCUT2D eigenvalue weighted by molar-refractivity contribution is -0.963. The maximum absolute atomic E-state index is 2.47. The molecule has 12 heavy (non-hydrogen) atoms. The molecule has 0 aromatic heterocycles. The second-order valence-electron chi connectivity index (χ2n) is 4.89. The Bertz CT molecular complexity index is 166. The predicted octanol–water partition coefficient (Wildman–Crippen LogP) is 2.56. The quantitative estimate of drug-likeness (QED) is 0.488. The predicted molar refractivity (Wildman–Crippen MR) is 52.0 cm³/mol. The van der Waals surface area contributed by atoms with Crippen LogP contribution in [0.5, 0.6) is 0 Å². The summed E-state index contributed by atoms with van der Waals surface area (Å²) in [5.41, 5.74) is 0. The molecule has 0 N–H and O–H groups in total. The van der Waals surface area contributed by atoms with Crippen LogP contribution in [0, 0.1) is 0 Å². The molecule has 2 rings (SSSR count). The third-order valence-electron chi connectivity index (χ3n) is 4.40. The van der Waals surface area contributed by atoms with Crippen molar-refractivity contribution in [3.8, 4) is 0 Å². The van der Waals surface area contributed by atoms with Gasteiger partial charge >= 0.3 is 0 Å². The highest BCUT2D eigenvalue weighted by Gasteiger charge is 2.44. The highest BCUT2D eigenvalue weighted by Crippen LogP contribution is 2.35. The molecular formula is C11H22N+. The molecule has 0 saturated carbocycles. The van der Waals surface area contributed by atoms with Gasteiger partial charge in [0, 0.05) is 12.8 Å². The molecule has 2 aliphatic heterocycles. The van der Waals surface area contributed by atoms with Crippen molar-refractivity contribution < 1.29 is 4.48 Å². The minimum Gasteiger partial charge on any atom is -0.319 e. The first kappa shape index (κ1) is 8.55. The van der Waals surface area contributed by atoms with Crippen LogP contribution in [0.1, 0.15) is 46.0 Å². The van der Waals surface area contributed by atoms with Crippen LogP contribution in [0.25, 0.3) is 0 Å². The van der Waals surface area contributed by atoms with Gasteiger partial charge in [0.1, 0.15) is 0 Å². The van der Waals surface area contributed by atoms with Crippen molar-refractivity contribution in [1.29, 1.82) is 0 Å². The molecule has 2 saturated heterocycles. The van der Waals surface area contributed by atoms with Crippen LogP contribution in [0.4, 0.5) is 0 Å². The fourth-order valence-corrected chi connectivity index (χ4v) is 3.47. The monoisotopic (exact) mass is 168 g/mol. The summed E-state index contributed by atoms with van der Waals surface area (Å²) in [6.07, 6.45) is 7.39. The van der Waals surface area contributed by atoms with Crippen LogP contribution in [-0.4, -0.2) is 29.7 Å². The van der Waals surface area contributed by atoms with Crippen molar-refractivity contribution >= 4 is 0 Å². The van der Waals surface area contributed by atoms with Crippen molar-refractivity contribution in [2.24, 2.45) is 0 Å². The van der Waals surface area contributed by atoms with Gasteiger partial charge in [0.15, 0.2) is 0 Å². The summed E-state index contributed by atoms with van der Waals surface area (Å²) >= 11 is 0. The Labute approximate surface area is 76.3 Å².